The summed E-state index contributed by atoms with van der Waals surface area (Å²) >= 11 is 1.59. The second-order valence-corrected chi connectivity index (χ2v) is 8.11. The van der Waals surface area contributed by atoms with Crippen LogP contribution in [0, 0.1) is 0 Å². The summed E-state index contributed by atoms with van der Waals surface area (Å²) in [7, 11) is 0. The third kappa shape index (κ3) is 3.22. The predicted molar refractivity (Wildman–Crippen MR) is 109 cm³/mol. The quantitative estimate of drug-likeness (QED) is 0.764. The van der Waals surface area contributed by atoms with Gasteiger partial charge in [-0.15, -0.1) is 0 Å². The number of hydrogen-bond acceptors (Lipinski definition) is 4. The van der Waals surface area contributed by atoms with Crippen molar-refractivity contribution in [3.63, 3.8) is 0 Å². The summed E-state index contributed by atoms with van der Waals surface area (Å²) in [5.74, 6) is -0.333. The number of fused-ring (bicyclic) bond motifs is 2. The van der Waals surface area contributed by atoms with E-state index >= 15 is 0 Å². The van der Waals surface area contributed by atoms with Crippen molar-refractivity contribution in [3.8, 4) is 0 Å². The van der Waals surface area contributed by atoms with Crippen LogP contribution in [0.5, 0.6) is 0 Å². The van der Waals surface area contributed by atoms with E-state index in [-0.39, 0.29) is 23.8 Å². The first-order valence-corrected chi connectivity index (χ1v) is 10.8. The van der Waals surface area contributed by atoms with Crippen LogP contribution in [0.3, 0.4) is 0 Å². The molecular weight excluding hydrogens is 372 g/mol. The molecule has 0 fully saturated rings. The Bertz CT molecular complexity index is 908. The van der Waals surface area contributed by atoms with Gasteiger partial charge in [0.15, 0.2) is 0 Å². The zero-order valence-electron chi connectivity index (χ0n) is 15.7. The Morgan fingerprint density at radius 2 is 1.75 bits per heavy atom. The van der Waals surface area contributed by atoms with Crippen LogP contribution >= 0.6 is 11.8 Å². The Balaban J connectivity index is 1.58. The van der Waals surface area contributed by atoms with E-state index in [0.29, 0.717) is 23.3 Å². The van der Waals surface area contributed by atoms with Gasteiger partial charge in [0.25, 0.3) is 11.8 Å². The van der Waals surface area contributed by atoms with Crippen LogP contribution < -0.4 is 5.32 Å². The smallest absolute Gasteiger partial charge is 0.262 e. The largest absolute Gasteiger partial charge is 0.347 e. The Morgan fingerprint density at radius 3 is 2.43 bits per heavy atom. The molecule has 0 aromatic heterocycles. The Morgan fingerprint density at radius 1 is 1.11 bits per heavy atom. The lowest BCUT2D eigenvalue weighted by atomic mass is 10.1. The van der Waals surface area contributed by atoms with Crippen LogP contribution in [-0.4, -0.2) is 40.7 Å². The standard InChI is InChI=1S/C22H22N2O3S/c1-28-13-12-19(24-21(26)16-8-4-5-9-17(16)22(24)27)20(25)23-18-11-10-14-6-2-3-7-15(14)18/h2-9,18-19H,10-13H2,1H3,(H,23,25)/t18-,19+/m1/s1. The molecule has 0 unspecified atom stereocenters. The molecule has 0 saturated heterocycles. The second kappa shape index (κ2) is 7.80. The molecule has 28 heavy (non-hydrogen) atoms. The minimum absolute atomic E-state index is 0.0735. The number of rotatable bonds is 6. The van der Waals surface area contributed by atoms with Crippen LogP contribution in [-0.2, 0) is 11.2 Å². The van der Waals surface area contributed by atoms with Gasteiger partial charge in [0.05, 0.1) is 17.2 Å². The maximum absolute atomic E-state index is 13.2. The van der Waals surface area contributed by atoms with E-state index < -0.39 is 6.04 Å². The summed E-state index contributed by atoms with van der Waals surface area (Å²) in [6, 6.07) is 14.0. The van der Waals surface area contributed by atoms with E-state index in [0.717, 1.165) is 23.3 Å². The van der Waals surface area contributed by atoms with Gasteiger partial charge >= 0.3 is 0 Å². The third-order valence-electron chi connectivity index (χ3n) is 5.48. The minimum Gasteiger partial charge on any atom is -0.347 e. The summed E-state index contributed by atoms with van der Waals surface area (Å²) in [5, 5.41) is 3.09. The molecule has 0 radical (unpaired) electrons. The van der Waals surface area contributed by atoms with Crippen LogP contribution in [0.4, 0.5) is 0 Å². The van der Waals surface area contributed by atoms with Gasteiger partial charge < -0.3 is 5.32 Å². The molecule has 1 aliphatic carbocycles. The third-order valence-corrected chi connectivity index (χ3v) is 6.13. The highest BCUT2D eigenvalue weighted by atomic mass is 32.2. The predicted octanol–water partition coefficient (Wildman–Crippen LogP) is 3.21. The number of hydrogen-bond donors (Lipinski definition) is 1. The zero-order chi connectivity index (χ0) is 19.7. The van der Waals surface area contributed by atoms with Gasteiger partial charge in [-0.05, 0) is 54.5 Å². The first-order chi connectivity index (χ1) is 13.6. The topological polar surface area (TPSA) is 66.5 Å². The Kier molecular flexibility index (Phi) is 5.22. The lowest BCUT2D eigenvalue weighted by molar-refractivity contribution is -0.125. The number of carbonyl (C=O) groups excluding carboxylic acids is 3. The summed E-state index contributed by atoms with van der Waals surface area (Å²) in [5.41, 5.74) is 3.12. The molecule has 0 spiro atoms. The van der Waals surface area contributed by atoms with E-state index in [4.69, 9.17) is 0 Å². The van der Waals surface area contributed by atoms with Crippen molar-refractivity contribution in [1.82, 2.24) is 10.2 Å². The van der Waals surface area contributed by atoms with Crippen LogP contribution in [0.1, 0.15) is 50.7 Å². The molecule has 144 valence electrons. The lowest BCUT2D eigenvalue weighted by Crippen LogP contribution is -2.50. The molecule has 2 aromatic carbocycles. The zero-order valence-corrected chi connectivity index (χ0v) is 16.5. The van der Waals surface area contributed by atoms with E-state index in [1.807, 2.05) is 24.5 Å². The molecule has 1 aliphatic heterocycles. The highest BCUT2D eigenvalue weighted by Gasteiger charge is 2.43. The monoisotopic (exact) mass is 394 g/mol. The fraction of sp³-hybridized carbons (Fsp3) is 0.318. The lowest BCUT2D eigenvalue weighted by Gasteiger charge is -2.27. The van der Waals surface area contributed by atoms with Crippen LogP contribution in [0.2, 0.25) is 0 Å². The molecule has 2 aromatic rings. The first-order valence-electron chi connectivity index (χ1n) is 9.46. The molecule has 2 atom stereocenters. The number of nitrogens with one attached hydrogen (secondary N) is 1. The average Bonchev–Trinajstić information content (AvgIpc) is 3.23. The number of nitrogens with zero attached hydrogens (tertiary/aromatic N) is 1. The summed E-state index contributed by atoms with van der Waals surface area (Å²) in [6.45, 7) is 0. The average molecular weight is 394 g/mol. The van der Waals surface area contributed by atoms with Crippen LogP contribution in [0.15, 0.2) is 48.5 Å². The maximum atomic E-state index is 13.2. The fourth-order valence-electron chi connectivity index (χ4n) is 4.07. The van der Waals surface area contributed by atoms with Gasteiger partial charge in [0.2, 0.25) is 5.91 Å². The van der Waals surface area contributed by atoms with Crippen molar-refractivity contribution in [2.45, 2.75) is 31.3 Å². The number of thioether (sulfide) groups is 1. The normalized spacial score (nSPS) is 18.8. The van der Waals surface area contributed by atoms with Gasteiger partial charge in [-0.1, -0.05) is 36.4 Å². The molecule has 5 nitrogen and oxygen atoms in total. The van der Waals surface area contributed by atoms with Crippen LogP contribution in [0.25, 0.3) is 0 Å². The highest BCUT2D eigenvalue weighted by molar-refractivity contribution is 7.98. The van der Waals surface area contributed by atoms with E-state index in [2.05, 4.69) is 11.4 Å². The molecular formula is C22H22N2O3S. The number of aryl methyl sites for hydroxylation is 1. The number of amides is 3. The van der Waals surface area contributed by atoms with E-state index in [1.54, 1.807) is 36.0 Å². The van der Waals surface area contributed by atoms with Gasteiger partial charge in [0, 0.05) is 0 Å². The Hall–Kier alpha value is -2.60. The van der Waals surface area contributed by atoms with Crippen molar-refractivity contribution in [3.05, 3.63) is 70.8 Å². The molecule has 3 amide bonds. The minimum atomic E-state index is -0.799. The van der Waals surface area contributed by atoms with Crippen molar-refractivity contribution in [2.24, 2.45) is 0 Å². The highest BCUT2D eigenvalue weighted by Crippen LogP contribution is 2.32. The van der Waals surface area contributed by atoms with Crippen molar-refractivity contribution in [2.75, 3.05) is 12.0 Å². The van der Waals surface area contributed by atoms with Gasteiger partial charge in [-0.3, -0.25) is 19.3 Å². The van der Waals surface area contributed by atoms with E-state index in [9.17, 15) is 14.4 Å². The summed E-state index contributed by atoms with van der Waals surface area (Å²) in [4.78, 5) is 40.1. The number of imide groups is 1. The Labute approximate surface area is 168 Å². The van der Waals surface area contributed by atoms with Gasteiger partial charge in [-0.2, -0.15) is 11.8 Å². The molecule has 1 N–H and O–H groups in total. The van der Waals surface area contributed by atoms with Crippen molar-refractivity contribution in [1.29, 1.82) is 0 Å². The molecule has 1 heterocycles. The SMILES string of the molecule is CSCC[C@@H](C(=O)N[C@@H]1CCc2ccccc21)N1C(=O)c2ccccc2C1=O. The molecule has 0 saturated carbocycles. The number of benzene rings is 2. The molecule has 2 aliphatic rings. The van der Waals surface area contributed by atoms with Gasteiger partial charge in [-0.25, -0.2) is 0 Å². The molecule has 6 heteroatoms. The van der Waals surface area contributed by atoms with Gasteiger partial charge in [0.1, 0.15) is 6.04 Å². The fourth-order valence-corrected chi connectivity index (χ4v) is 4.53. The van der Waals surface area contributed by atoms with E-state index in [1.165, 1.54) is 5.56 Å². The van der Waals surface area contributed by atoms with Crippen molar-refractivity contribution >= 4 is 29.5 Å². The summed E-state index contributed by atoms with van der Waals surface area (Å²) < 4.78 is 0. The molecule has 0 bridgehead atoms. The summed E-state index contributed by atoms with van der Waals surface area (Å²) in [6.07, 6.45) is 4.14. The first kappa shape index (κ1) is 18.7. The van der Waals surface area contributed by atoms with Crippen molar-refractivity contribution < 1.29 is 14.4 Å². The second-order valence-electron chi connectivity index (χ2n) is 7.12. The molecule has 4 rings (SSSR count). The maximum Gasteiger partial charge on any atom is 0.262 e. The number of carbonyl (C=O) groups is 3.